The fourth-order valence-corrected chi connectivity index (χ4v) is 3.76. The number of nitrogens with zero attached hydrogens (tertiary/aromatic N) is 2. The smallest absolute Gasteiger partial charge is 0.244 e. The molecule has 3 heterocycles. The van der Waals surface area contributed by atoms with Gasteiger partial charge in [0.25, 0.3) is 0 Å². The Kier molecular flexibility index (Phi) is 4.62. The first-order valence-corrected chi connectivity index (χ1v) is 8.93. The second kappa shape index (κ2) is 7.04. The Morgan fingerprint density at radius 1 is 1.44 bits per heavy atom. The molecule has 8 nitrogen and oxygen atoms in total. The average molecular weight is 361 g/mol. The number of fused-ring (bicyclic) bond motifs is 1. The molecule has 2 aliphatic heterocycles. The summed E-state index contributed by atoms with van der Waals surface area (Å²) in [5.41, 5.74) is 8.65. The lowest BCUT2D eigenvalue weighted by Gasteiger charge is -2.11. The number of aromatic nitrogens is 2. The molecule has 0 spiro atoms. The summed E-state index contributed by atoms with van der Waals surface area (Å²) in [6, 6.07) is 5.96. The summed E-state index contributed by atoms with van der Waals surface area (Å²) >= 11 is 1.31. The molecule has 4 rings (SSSR count). The van der Waals surface area contributed by atoms with Gasteiger partial charge in [-0.2, -0.15) is 0 Å². The first-order chi connectivity index (χ1) is 12.2. The molecule has 1 amide bonds. The van der Waals surface area contributed by atoms with Crippen LogP contribution in [0.15, 0.2) is 18.2 Å². The number of hydrogen-bond donors (Lipinski definition) is 3. The van der Waals surface area contributed by atoms with Crippen LogP contribution in [0.5, 0.6) is 5.75 Å². The first kappa shape index (κ1) is 16.4. The van der Waals surface area contributed by atoms with E-state index in [0.29, 0.717) is 18.2 Å². The third-order valence-corrected chi connectivity index (χ3v) is 5.11. The van der Waals surface area contributed by atoms with E-state index in [1.165, 1.54) is 16.9 Å². The Balaban J connectivity index is 1.37. The minimum Gasteiger partial charge on any atom is -0.493 e. The van der Waals surface area contributed by atoms with Crippen molar-refractivity contribution in [3.8, 4) is 5.75 Å². The standard InChI is InChI=1S/C16H19N5O3S/c1-23-8-14-20-21-16(25-14)17-15(22)12-7-11(18-19-12)9-2-3-13-10(6-9)4-5-24-13/h2-3,6,11-12,18-19H,4-5,7-8H2,1H3,(H,17,21,22). The van der Waals surface area contributed by atoms with Gasteiger partial charge in [-0.15, -0.1) is 10.2 Å². The molecule has 25 heavy (non-hydrogen) atoms. The number of carbonyl (C=O) groups is 1. The van der Waals surface area contributed by atoms with Crippen LogP contribution in [0.1, 0.15) is 28.6 Å². The lowest BCUT2D eigenvalue weighted by Crippen LogP contribution is -2.39. The highest BCUT2D eigenvalue weighted by Gasteiger charge is 2.31. The maximum atomic E-state index is 12.4. The number of methoxy groups -OCH3 is 1. The molecule has 0 radical (unpaired) electrons. The zero-order chi connectivity index (χ0) is 17.2. The number of anilines is 1. The van der Waals surface area contributed by atoms with Gasteiger partial charge >= 0.3 is 0 Å². The van der Waals surface area contributed by atoms with Gasteiger partial charge in [-0.05, 0) is 23.6 Å². The summed E-state index contributed by atoms with van der Waals surface area (Å²) < 4.78 is 10.5. The van der Waals surface area contributed by atoms with Crippen molar-refractivity contribution in [2.24, 2.45) is 0 Å². The number of nitrogens with one attached hydrogen (secondary N) is 3. The van der Waals surface area contributed by atoms with Gasteiger partial charge in [0.15, 0.2) is 0 Å². The fraction of sp³-hybridized carbons (Fsp3) is 0.438. The van der Waals surface area contributed by atoms with Crippen molar-refractivity contribution in [2.45, 2.75) is 31.5 Å². The predicted molar refractivity (Wildman–Crippen MR) is 92.3 cm³/mol. The van der Waals surface area contributed by atoms with Crippen LogP contribution in [-0.4, -0.2) is 35.9 Å². The quantitative estimate of drug-likeness (QED) is 0.735. The molecule has 0 saturated carbocycles. The van der Waals surface area contributed by atoms with Crippen LogP contribution in [-0.2, 0) is 22.6 Å². The van der Waals surface area contributed by atoms with Crippen molar-refractivity contribution in [2.75, 3.05) is 19.0 Å². The van der Waals surface area contributed by atoms with E-state index in [0.717, 1.165) is 29.3 Å². The monoisotopic (exact) mass is 361 g/mol. The van der Waals surface area contributed by atoms with E-state index in [9.17, 15) is 4.79 Å². The lowest BCUT2D eigenvalue weighted by molar-refractivity contribution is -0.117. The largest absolute Gasteiger partial charge is 0.493 e. The van der Waals surface area contributed by atoms with Crippen molar-refractivity contribution in [3.63, 3.8) is 0 Å². The molecule has 1 saturated heterocycles. The van der Waals surface area contributed by atoms with Gasteiger partial charge in [0, 0.05) is 19.6 Å². The maximum absolute atomic E-state index is 12.4. The van der Waals surface area contributed by atoms with E-state index in [2.05, 4.69) is 32.4 Å². The summed E-state index contributed by atoms with van der Waals surface area (Å²) in [6.07, 6.45) is 1.60. The highest BCUT2D eigenvalue weighted by Crippen LogP contribution is 2.31. The van der Waals surface area contributed by atoms with Crippen LogP contribution in [0.25, 0.3) is 0 Å². The fourth-order valence-electron chi connectivity index (χ4n) is 3.05. The second-order valence-electron chi connectivity index (χ2n) is 6.02. The highest BCUT2D eigenvalue weighted by atomic mass is 32.1. The maximum Gasteiger partial charge on any atom is 0.244 e. The number of hydrogen-bond acceptors (Lipinski definition) is 8. The lowest BCUT2D eigenvalue weighted by atomic mass is 9.99. The predicted octanol–water partition coefficient (Wildman–Crippen LogP) is 1.17. The van der Waals surface area contributed by atoms with Crippen molar-refractivity contribution in [3.05, 3.63) is 34.3 Å². The van der Waals surface area contributed by atoms with Gasteiger partial charge < -0.3 is 9.47 Å². The van der Waals surface area contributed by atoms with Gasteiger partial charge in [-0.1, -0.05) is 23.5 Å². The normalized spacial score (nSPS) is 21.8. The molecule has 3 N–H and O–H groups in total. The third-order valence-electron chi connectivity index (χ3n) is 4.30. The highest BCUT2D eigenvalue weighted by molar-refractivity contribution is 7.15. The molecule has 1 aromatic heterocycles. The van der Waals surface area contributed by atoms with E-state index < -0.39 is 0 Å². The first-order valence-electron chi connectivity index (χ1n) is 8.12. The molecule has 9 heteroatoms. The summed E-state index contributed by atoms with van der Waals surface area (Å²) in [7, 11) is 1.60. The van der Waals surface area contributed by atoms with Crippen LogP contribution in [0.3, 0.4) is 0 Å². The molecule has 0 aliphatic carbocycles. The van der Waals surface area contributed by atoms with E-state index in [1.54, 1.807) is 7.11 Å². The van der Waals surface area contributed by atoms with Gasteiger partial charge in [0.1, 0.15) is 23.4 Å². The van der Waals surface area contributed by atoms with Gasteiger partial charge in [0.05, 0.1) is 6.61 Å². The van der Waals surface area contributed by atoms with Gasteiger partial charge in [0.2, 0.25) is 11.0 Å². The topological polar surface area (TPSA) is 97.4 Å². The number of rotatable bonds is 5. The minimum atomic E-state index is -0.329. The van der Waals surface area contributed by atoms with E-state index in [4.69, 9.17) is 9.47 Å². The average Bonchev–Trinajstić information content (AvgIpc) is 3.35. The zero-order valence-electron chi connectivity index (χ0n) is 13.7. The van der Waals surface area contributed by atoms with Crippen LogP contribution < -0.4 is 20.9 Å². The molecule has 1 aromatic carbocycles. The Morgan fingerprint density at radius 2 is 2.36 bits per heavy atom. The molecular weight excluding hydrogens is 342 g/mol. The van der Waals surface area contributed by atoms with Gasteiger partial charge in [-0.25, -0.2) is 10.9 Å². The van der Waals surface area contributed by atoms with Crippen LogP contribution in [0, 0.1) is 0 Å². The number of hydrazine groups is 1. The molecule has 1 fully saturated rings. The van der Waals surface area contributed by atoms with Crippen molar-refractivity contribution in [1.29, 1.82) is 0 Å². The molecular formula is C16H19N5O3S. The van der Waals surface area contributed by atoms with Crippen molar-refractivity contribution >= 4 is 22.4 Å². The Bertz CT molecular complexity index is 781. The molecule has 2 aliphatic rings. The number of ether oxygens (including phenoxy) is 2. The summed E-state index contributed by atoms with van der Waals surface area (Å²) in [6.45, 7) is 1.13. The Labute approximate surface area is 148 Å². The van der Waals surface area contributed by atoms with Crippen LogP contribution in [0.4, 0.5) is 5.13 Å². The van der Waals surface area contributed by atoms with Crippen LogP contribution >= 0.6 is 11.3 Å². The number of amides is 1. The molecule has 2 aromatic rings. The van der Waals surface area contributed by atoms with Crippen molar-refractivity contribution in [1.82, 2.24) is 21.0 Å². The number of benzene rings is 1. The van der Waals surface area contributed by atoms with E-state index in [-0.39, 0.29) is 18.0 Å². The molecule has 132 valence electrons. The van der Waals surface area contributed by atoms with Crippen LogP contribution in [0.2, 0.25) is 0 Å². The van der Waals surface area contributed by atoms with Gasteiger partial charge in [-0.3, -0.25) is 10.1 Å². The Morgan fingerprint density at radius 3 is 3.24 bits per heavy atom. The zero-order valence-corrected chi connectivity index (χ0v) is 14.6. The SMILES string of the molecule is COCc1nnc(NC(=O)C2CC(c3ccc4c(c3)CCO4)NN2)s1. The summed E-state index contributed by atoms with van der Waals surface area (Å²) in [5.74, 6) is 0.840. The summed E-state index contributed by atoms with van der Waals surface area (Å²) in [4.78, 5) is 12.4. The second-order valence-corrected chi connectivity index (χ2v) is 7.08. The minimum absolute atomic E-state index is 0.0834. The third kappa shape index (κ3) is 3.49. The Hall–Kier alpha value is -2.07. The van der Waals surface area contributed by atoms with E-state index >= 15 is 0 Å². The van der Waals surface area contributed by atoms with Crippen molar-refractivity contribution < 1.29 is 14.3 Å². The molecule has 0 bridgehead atoms. The summed E-state index contributed by atoms with van der Waals surface area (Å²) in [5, 5.41) is 11.9. The molecule has 2 atom stereocenters. The van der Waals surface area contributed by atoms with E-state index in [1.807, 2.05) is 12.1 Å². The number of carbonyl (C=O) groups excluding carboxylic acids is 1. The molecule has 2 unspecified atom stereocenters.